The number of nitrogens with two attached hydrogens (primary N) is 1. The molecule has 0 atom stereocenters. The second kappa shape index (κ2) is 9.94. The number of carbonyl (C=O) groups is 2. The van der Waals surface area contributed by atoms with Crippen LogP contribution in [0, 0.1) is 11.8 Å². The van der Waals surface area contributed by atoms with Crippen LogP contribution in [-0.4, -0.2) is 45.2 Å². The fraction of sp³-hybridized carbons (Fsp3) is 0.429. The van der Waals surface area contributed by atoms with Gasteiger partial charge in [0.15, 0.2) is 0 Å². The number of rotatable bonds is 7. The van der Waals surface area contributed by atoms with Crippen molar-refractivity contribution in [2.75, 3.05) is 33.4 Å². The van der Waals surface area contributed by atoms with Gasteiger partial charge in [0, 0.05) is 32.0 Å². The first-order valence-electron chi connectivity index (χ1n) is 6.48. The summed E-state index contributed by atoms with van der Waals surface area (Å²) in [5, 5.41) is 7.10. The van der Waals surface area contributed by atoms with Gasteiger partial charge in [0.25, 0.3) is 5.91 Å². The summed E-state index contributed by atoms with van der Waals surface area (Å²) in [6.45, 7) is 1.52. The van der Waals surface area contributed by atoms with Crippen LogP contribution in [0.5, 0.6) is 0 Å². The number of thiophene rings is 1. The molecule has 114 valence electrons. The average molecular weight is 309 g/mol. The second-order valence-electron chi connectivity index (χ2n) is 4.05. The Balaban J connectivity index is 2.30. The van der Waals surface area contributed by atoms with Crippen LogP contribution < -0.4 is 16.4 Å². The molecule has 0 spiro atoms. The molecule has 1 heterocycles. The lowest BCUT2D eigenvalue weighted by molar-refractivity contribution is -0.121. The maximum Gasteiger partial charge on any atom is 0.252 e. The molecule has 4 N–H and O–H groups in total. The molecule has 0 fully saturated rings. The molecular formula is C14H19N3O3S. The highest BCUT2D eigenvalue weighted by Gasteiger charge is 2.08. The number of carbonyl (C=O) groups excluding carboxylic acids is 2. The number of methoxy groups -OCH3 is 1. The van der Waals surface area contributed by atoms with Gasteiger partial charge < -0.3 is 21.1 Å². The van der Waals surface area contributed by atoms with E-state index in [2.05, 4.69) is 22.5 Å². The lowest BCUT2D eigenvalue weighted by Gasteiger charge is -2.05. The summed E-state index contributed by atoms with van der Waals surface area (Å²) in [6.07, 6.45) is 0.236. The number of hydrogen-bond acceptors (Lipinski definition) is 5. The highest BCUT2D eigenvalue weighted by Crippen LogP contribution is 2.13. The summed E-state index contributed by atoms with van der Waals surface area (Å²) in [5.41, 5.74) is 5.83. The van der Waals surface area contributed by atoms with E-state index in [4.69, 9.17) is 10.5 Å². The minimum Gasteiger partial charge on any atom is -0.383 e. The topological polar surface area (TPSA) is 93.5 Å². The number of nitrogens with one attached hydrogen (secondary N) is 2. The van der Waals surface area contributed by atoms with Crippen molar-refractivity contribution in [3.05, 3.63) is 21.9 Å². The van der Waals surface area contributed by atoms with E-state index < -0.39 is 0 Å². The largest absolute Gasteiger partial charge is 0.383 e. The van der Waals surface area contributed by atoms with Crippen molar-refractivity contribution in [3.8, 4) is 11.8 Å². The monoisotopic (exact) mass is 309 g/mol. The van der Waals surface area contributed by atoms with E-state index in [1.54, 1.807) is 18.6 Å². The van der Waals surface area contributed by atoms with Crippen molar-refractivity contribution in [2.45, 2.75) is 6.42 Å². The zero-order chi connectivity index (χ0) is 15.5. The lowest BCUT2D eigenvalue weighted by atomic mass is 10.3. The van der Waals surface area contributed by atoms with Gasteiger partial charge in [-0.3, -0.25) is 9.59 Å². The molecule has 2 amide bonds. The fourth-order valence-corrected chi connectivity index (χ4v) is 2.19. The van der Waals surface area contributed by atoms with Gasteiger partial charge in [-0.05, 0) is 6.07 Å². The fourth-order valence-electron chi connectivity index (χ4n) is 1.43. The third-order valence-corrected chi connectivity index (χ3v) is 3.29. The highest BCUT2D eigenvalue weighted by atomic mass is 32.1. The molecule has 0 radical (unpaired) electrons. The Kier molecular flexibility index (Phi) is 8.12. The van der Waals surface area contributed by atoms with Crippen LogP contribution in [0.15, 0.2) is 11.4 Å². The van der Waals surface area contributed by atoms with E-state index in [9.17, 15) is 9.59 Å². The van der Waals surface area contributed by atoms with Crippen LogP contribution in [0.3, 0.4) is 0 Å². The van der Waals surface area contributed by atoms with Crippen LogP contribution in [0.2, 0.25) is 0 Å². The number of ether oxygens (including phenoxy) is 1. The van der Waals surface area contributed by atoms with Gasteiger partial charge in [0.2, 0.25) is 5.91 Å². The van der Waals surface area contributed by atoms with Crippen LogP contribution in [-0.2, 0) is 9.53 Å². The molecule has 1 rings (SSSR count). The SMILES string of the molecule is COCCNC(=O)CCNC(=O)c1csc(C#CCN)c1. The van der Waals surface area contributed by atoms with Crippen molar-refractivity contribution >= 4 is 23.2 Å². The van der Waals surface area contributed by atoms with Gasteiger partial charge in [-0.15, -0.1) is 11.3 Å². The Morgan fingerprint density at radius 1 is 1.38 bits per heavy atom. The molecule has 0 saturated carbocycles. The number of amides is 2. The summed E-state index contributed by atoms with van der Waals surface area (Å²) >= 11 is 1.39. The molecule has 0 unspecified atom stereocenters. The maximum atomic E-state index is 11.8. The molecule has 0 aromatic carbocycles. The quantitative estimate of drug-likeness (QED) is 0.486. The minimum atomic E-state index is -0.211. The van der Waals surface area contributed by atoms with Crippen LogP contribution in [0.4, 0.5) is 0 Å². The van der Waals surface area contributed by atoms with Crippen LogP contribution in [0.1, 0.15) is 21.7 Å². The first-order valence-corrected chi connectivity index (χ1v) is 7.36. The summed E-state index contributed by atoms with van der Waals surface area (Å²) in [6, 6.07) is 1.71. The molecule has 0 aliphatic carbocycles. The summed E-state index contributed by atoms with van der Waals surface area (Å²) < 4.78 is 4.82. The third kappa shape index (κ3) is 6.90. The predicted octanol–water partition coefficient (Wildman–Crippen LogP) is -0.0592. The van der Waals surface area contributed by atoms with Gasteiger partial charge >= 0.3 is 0 Å². The number of hydrogen-bond donors (Lipinski definition) is 3. The predicted molar refractivity (Wildman–Crippen MR) is 82.1 cm³/mol. The summed E-state index contributed by atoms with van der Waals surface area (Å²) in [5.74, 6) is 5.27. The smallest absolute Gasteiger partial charge is 0.252 e. The van der Waals surface area contributed by atoms with Gasteiger partial charge in [0.05, 0.1) is 23.6 Å². The zero-order valence-electron chi connectivity index (χ0n) is 11.9. The first-order chi connectivity index (χ1) is 10.2. The first kappa shape index (κ1) is 17.2. The Morgan fingerprint density at radius 2 is 2.19 bits per heavy atom. The molecule has 7 heteroatoms. The minimum absolute atomic E-state index is 0.118. The Bertz CT molecular complexity index is 531. The van der Waals surface area contributed by atoms with E-state index in [0.29, 0.717) is 18.7 Å². The van der Waals surface area contributed by atoms with Gasteiger partial charge in [-0.25, -0.2) is 0 Å². The van der Waals surface area contributed by atoms with Crippen molar-refractivity contribution in [1.29, 1.82) is 0 Å². The Morgan fingerprint density at radius 3 is 2.90 bits per heavy atom. The van der Waals surface area contributed by atoms with E-state index in [1.165, 1.54) is 11.3 Å². The van der Waals surface area contributed by atoms with Crippen LogP contribution >= 0.6 is 11.3 Å². The van der Waals surface area contributed by atoms with Crippen molar-refractivity contribution in [2.24, 2.45) is 5.73 Å². The van der Waals surface area contributed by atoms with Crippen molar-refractivity contribution < 1.29 is 14.3 Å². The van der Waals surface area contributed by atoms with E-state index in [1.807, 2.05) is 0 Å². The van der Waals surface area contributed by atoms with Gasteiger partial charge in [0.1, 0.15) is 0 Å². The standard InChI is InChI=1S/C14H19N3O3S/c1-20-8-7-16-13(18)4-6-17-14(19)11-9-12(21-10-11)3-2-5-15/h9-10H,4-8,15H2,1H3,(H,16,18)(H,17,19). The molecular weight excluding hydrogens is 290 g/mol. The van der Waals surface area contributed by atoms with Crippen LogP contribution in [0.25, 0.3) is 0 Å². The van der Waals surface area contributed by atoms with E-state index >= 15 is 0 Å². The Labute approximate surface area is 128 Å². The second-order valence-corrected chi connectivity index (χ2v) is 4.97. The molecule has 0 saturated heterocycles. The maximum absolute atomic E-state index is 11.8. The normalized spacial score (nSPS) is 9.62. The van der Waals surface area contributed by atoms with E-state index in [0.717, 1.165) is 4.88 Å². The molecule has 1 aromatic heterocycles. The highest BCUT2D eigenvalue weighted by molar-refractivity contribution is 7.10. The molecule has 0 bridgehead atoms. The molecule has 0 aliphatic rings. The average Bonchev–Trinajstić information content (AvgIpc) is 2.94. The summed E-state index contributed by atoms with van der Waals surface area (Å²) in [7, 11) is 1.57. The molecule has 1 aromatic rings. The molecule has 0 aliphatic heterocycles. The lowest BCUT2D eigenvalue weighted by Crippen LogP contribution is -2.32. The van der Waals surface area contributed by atoms with Crippen molar-refractivity contribution in [1.82, 2.24) is 10.6 Å². The van der Waals surface area contributed by atoms with Gasteiger partial charge in [-0.2, -0.15) is 0 Å². The summed E-state index contributed by atoms with van der Waals surface area (Å²) in [4.78, 5) is 24.1. The van der Waals surface area contributed by atoms with Crippen molar-refractivity contribution in [3.63, 3.8) is 0 Å². The zero-order valence-corrected chi connectivity index (χ0v) is 12.7. The molecule has 6 nitrogen and oxygen atoms in total. The third-order valence-electron chi connectivity index (χ3n) is 2.44. The molecule has 21 heavy (non-hydrogen) atoms. The van der Waals surface area contributed by atoms with Gasteiger partial charge in [-0.1, -0.05) is 11.8 Å². The van der Waals surface area contributed by atoms with E-state index in [-0.39, 0.29) is 31.3 Å². The Hall–Kier alpha value is -1.88.